The molecule has 2 aliphatic heterocycles. The summed E-state index contributed by atoms with van der Waals surface area (Å²) in [4.78, 5) is 24.1. The second-order valence-electron chi connectivity index (χ2n) is 4.96. The van der Waals surface area contributed by atoms with Crippen LogP contribution in [0.2, 0.25) is 0 Å². The molecule has 0 aliphatic carbocycles. The van der Waals surface area contributed by atoms with E-state index in [1.54, 1.807) is 19.9 Å². The number of ketones is 1. The highest BCUT2D eigenvalue weighted by Crippen LogP contribution is 2.30. The summed E-state index contributed by atoms with van der Waals surface area (Å²) in [7, 11) is 0. The van der Waals surface area contributed by atoms with Crippen LogP contribution in [0.15, 0.2) is 23.4 Å². The van der Waals surface area contributed by atoms with E-state index < -0.39 is 23.4 Å². The Kier molecular flexibility index (Phi) is 3.12. The first-order valence-corrected chi connectivity index (χ1v) is 5.95. The number of Topliss-reactive ketones (excluding diaryl/α,β-unsaturated/α-hetero) is 1. The van der Waals surface area contributed by atoms with Crippen LogP contribution in [0.25, 0.3) is 0 Å². The molecule has 1 fully saturated rings. The first-order chi connectivity index (χ1) is 8.37. The van der Waals surface area contributed by atoms with Gasteiger partial charge in [0, 0.05) is 0 Å². The molecule has 3 atom stereocenters. The lowest BCUT2D eigenvalue weighted by atomic mass is 9.90. The molecule has 2 N–H and O–H groups in total. The Hall–Kier alpha value is -1.46. The van der Waals surface area contributed by atoms with Gasteiger partial charge in [-0.05, 0) is 32.8 Å². The molecule has 18 heavy (non-hydrogen) atoms. The van der Waals surface area contributed by atoms with Gasteiger partial charge in [-0.2, -0.15) is 0 Å². The molecule has 2 heterocycles. The number of aliphatic hydroxyl groups is 1. The molecule has 0 unspecified atom stereocenters. The summed E-state index contributed by atoms with van der Waals surface area (Å²) >= 11 is 0. The van der Waals surface area contributed by atoms with Crippen molar-refractivity contribution < 1.29 is 19.4 Å². The predicted molar refractivity (Wildman–Crippen MR) is 64.6 cm³/mol. The van der Waals surface area contributed by atoms with Crippen LogP contribution >= 0.6 is 0 Å². The fraction of sp³-hybridized carbons (Fsp3) is 0.538. The van der Waals surface area contributed by atoms with Gasteiger partial charge < -0.3 is 15.2 Å². The molecule has 5 nitrogen and oxygen atoms in total. The fourth-order valence-electron chi connectivity index (χ4n) is 2.15. The number of amides is 1. The minimum absolute atomic E-state index is 0.125. The molecule has 0 bridgehead atoms. The monoisotopic (exact) mass is 251 g/mol. The Morgan fingerprint density at radius 1 is 1.50 bits per heavy atom. The van der Waals surface area contributed by atoms with Gasteiger partial charge in [0.25, 0.3) is 5.91 Å². The Morgan fingerprint density at radius 3 is 2.67 bits per heavy atom. The third-order valence-corrected chi connectivity index (χ3v) is 3.23. The molecule has 0 radical (unpaired) electrons. The summed E-state index contributed by atoms with van der Waals surface area (Å²) in [5.41, 5.74) is -1.31. The van der Waals surface area contributed by atoms with Crippen LogP contribution in [-0.4, -0.2) is 34.6 Å². The van der Waals surface area contributed by atoms with E-state index in [0.717, 1.165) is 0 Å². The van der Waals surface area contributed by atoms with E-state index in [4.69, 9.17) is 4.74 Å². The third-order valence-electron chi connectivity index (χ3n) is 3.23. The number of hydrogen-bond donors (Lipinski definition) is 2. The van der Waals surface area contributed by atoms with Gasteiger partial charge in [-0.15, -0.1) is 0 Å². The highest BCUT2D eigenvalue weighted by Gasteiger charge is 2.57. The van der Waals surface area contributed by atoms with E-state index in [9.17, 15) is 14.7 Å². The number of hydrogen-bond acceptors (Lipinski definition) is 4. The summed E-state index contributed by atoms with van der Waals surface area (Å²) in [5.74, 6) is -1.33. The van der Waals surface area contributed by atoms with Gasteiger partial charge in [-0.3, -0.25) is 9.59 Å². The second kappa shape index (κ2) is 4.33. The maximum Gasteiger partial charge on any atom is 0.267 e. The molecule has 0 saturated carbocycles. The topological polar surface area (TPSA) is 75.6 Å². The van der Waals surface area contributed by atoms with Crippen molar-refractivity contribution in [1.82, 2.24) is 5.32 Å². The predicted octanol–water partition coefficient (Wildman–Crippen LogP) is 0.444. The molecule has 2 aliphatic rings. The Labute approximate surface area is 106 Å². The van der Waals surface area contributed by atoms with Crippen molar-refractivity contribution in [3.05, 3.63) is 23.4 Å². The van der Waals surface area contributed by atoms with Crippen LogP contribution in [0, 0.1) is 0 Å². The minimum atomic E-state index is -2.14. The number of carbonyl (C=O) groups excluding carboxylic acids is 2. The summed E-state index contributed by atoms with van der Waals surface area (Å²) in [5, 5.41) is 12.9. The fourth-order valence-corrected chi connectivity index (χ4v) is 2.15. The van der Waals surface area contributed by atoms with Crippen molar-refractivity contribution in [2.75, 3.05) is 0 Å². The van der Waals surface area contributed by atoms with Gasteiger partial charge in [0.15, 0.2) is 0 Å². The van der Waals surface area contributed by atoms with Gasteiger partial charge in [-0.1, -0.05) is 12.2 Å². The Balaban J connectivity index is 2.39. The Morgan fingerprint density at radius 2 is 2.17 bits per heavy atom. The molecule has 1 amide bonds. The van der Waals surface area contributed by atoms with Crippen LogP contribution in [0.5, 0.6) is 0 Å². The van der Waals surface area contributed by atoms with Crippen LogP contribution in [0.3, 0.4) is 0 Å². The number of rotatable bonds is 1. The van der Waals surface area contributed by atoms with Crippen molar-refractivity contribution in [2.45, 2.75) is 45.0 Å². The Bertz CT molecular complexity index is 462. The first-order valence-electron chi connectivity index (χ1n) is 5.95. The van der Waals surface area contributed by atoms with Crippen LogP contribution in [-0.2, 0) is 14.3 Å². The molecule has 0 aromatic heterocycles. The second-order valence-corrected chi connectivity index (χ2v) is 4.96. The van der Waals surface area contributed by atoms with Crippen molar-refractivity contribution >= 4 is 11.7 Å². The number of ether oxygens (including phenoxy) is 1. The number of carbonyl (C=O) groups is 2. The van der Waals surface area contributed by atoms with Crippen molar-refractivity contribution in [3.8, 4) is 0 Å². The molecule has 0 aromatic rings. The first kappa shape index (κ1) is 13.0. The van der Waals surface area contributed by atoms with Gasteiger partial charge in [0.05, 0.1) is 11.8 Å². The lowest BCUT2D eigenvalue weighted by Crippen LogP contribution is -2.54. The number of allylic oxidation sites excluding steroid dienone is 1. The maximum absolute atomic E-state index is 12.2. The average molecular weight is 251 g/mol. The van der Waals surface area contributed by atoms with E-state index in [1.807, 2.05) is 13.0 Å². The minimum Gasteiger partial charge on any atom is -0.371 e. The molecule has 0 spiro atoms. The smallest absolute Gasteiger partial charge is 0.267 e. The zero-order valence-electron chi connectivity index (χ0n) is 10.7. The lowest BCUT2D eigenvalue weighted by molar-refractivity contribution is -0.161. The summed E-state index contributed by atoms with van der Waals surface area (Å²) in [6.45, 7) is 5.25. The molecular formula is C13H17NO4. The highest BCUT2D eigenvalue weighted by molar-refractivity contribution is 6.24. The zero-order chi connectivity index (χ0) is 13.5. The molecule has 2 rings (SSSR count). The van der Waals surface area contributed by atoms with Gasteiger partial charge >= 0.3 is 0 Å². The van der Waals surface area contributed by atoms with E-state index in [2.05, 4.69) is 5.32 Å². The van der Waals surface area contributed by atoms with Gasteiger partial charge in [0.1, 0.15) is 6.10 Å². The van der Waals surface area contributed by atoms with Crippen molar-refractivity contribution in [3.63, 3.8) is 0 Å². The summed E-state index contributed by atoms with van der Waals surface area (Å²) in [6, 6.07) is 0. The van der Waals surface area contributed by atoms with E-state index in [0.29, 0.717) is 12.0 Å². The van der Waals surface area contributed by atoms with E-state index in [1.165, 1.54) is 0 Å². The summed E-state index contributed by atoms with van der Waals surface area (Å²) < 4.78 is 5.50. The SMILES string of the molecule is CC(C)=C1NC(=O)[C@](O)([C@@H]2C=CC[C@@H](C)O2)C1=O. The molecule has 1 saturated heterocycles. The zero-order valence-corrected chi connectivity index (χ0v) is 10.7. The molecular weight excluding hydrogens is 234 g/mol. The van der Waals surface area contributed by atoms with E-state index >= 15 is 0 Å². The van der Waals surface area contributed by atoms with E-state index in [-0.39, 0.29) is 11.8 Å². The van der Waals surface area contributed by atoms with Crippen LogP contribution in [0.4, 0.5) is 0 Å². The van der Waals surface area contributed by atoms with Crippen molar-refractivity contribution in [2.24, 2.45) is 0 Å². The quantitative estimate of drug-likeness (QED) is 0.403. The average Bonchev–Trinajstić information content (AvgIpc) is 2.55. The third kappa shape index (κ3) is 1.79. The number of nitrogens with one attached hydrogen (secondary N) is 1. The molecule has 0 aromatic carbocycles. The summed E-state index contributed by atoms with van der Waals surface area (Å²) in [6.07, 6.45) is 3.05. The van der Waals surface area contributed by atoms with Crippen molar-refractivity contribution in [1.29, 1.82) is 0 Å². The highest BCUT2D eigenvalue weighted by atomic mass is 16.5. The lowest BCUT2D eigenvalue weighted by Gasteiger charge is -2.31. The molecule has 98 valence electrons. The normalized spacial score (nSPS) is 35.9. The maximum atomic E-state index is 12.2. The van der Waals surface area contributed by atoms with Crippen LogP contribution in [0.1, 0.15) is 27.2 Å². The van der Waals surface area contributed by atoms with Gasteiger partial charge in [-0.25, -0.2) is 0 Å². The van der Waals surface area contributed by atoms with Crippen LogP contribution < -0.4 is 5.32 Å². The van der Waals surface area contributed by atoms with Gasteiger partial charge in [0.2, 0.25) is 11.4 Å². The molecule has 5 heteroatoms. The largest absolute Gasteiger partial charge is 0.371 e. The standard InChI is InChI=1S/C13H17NO4/c1-7(2)10-11(15)13(17,12(16)14-10)9-6-4-5-8(3)18-9/h4,6,8-9,17H,5H2,1-3H3,(H,14,16)/t8-,9+,13+/m1/s1.